The molecule has 0 radical (unpaired) electrons. The van der Waals surface area contributed by atoms with Crippen LogP contribution in [0, 0.1) is 20.8 Å². The lowest BCUT2D eigenvalue weighted by Gasteiger charge is -2.40. The fourth-order valence-electron chi connectivity index (χ4n) is 4.62. The Hall–Kier alpha value is -4.27. The maximum absolute atomic E-state index is 13.1. The molecule has 0 aliphatic carbocycles. The summed E-state index contributed by atoms with van der Waals surface area (Å²) in [5.41, 5.74) is 5.99. The first-order chi connectivity index (χ1) is 17.8. The Kier molecular flexibility index (Phi) is 6.60. The summed E-state index contributed by atoms with van der Waals surface area (Å²) in [6.45, 7) is 10.1. The first kappa shape index (κ1) is 24.4. The Morgan fingerprint density at radius 3 is 2.62 bits per heavy atom. The number of carbonyl (C=O) groups is 1. The zero-order valence-electron chi connectivity index (χ0n) is 21.5. The molecule has 0 saturated carbocycles. The Morgan fingerprint density at radius 2 is 1.86 bits per heavy atom. The zero-order chi connectivity index (χ0) is 26.1. The number of anilines is 1. The van der Waals surface area contributed by atoms with Crippen molar-refractivity contribution >= 4 is 11.6 Å². The molecule has 190 valence electrons. The van der Waals surface area contributed by atoms with E-state index in [4.69, 9.17) is 4.52 Å². The third-order valence-electron chi connectivity index (χ3n) is 6.86. The molecule has 9 heteroatoms. The summed E-state index contributed by atoms with van der Waals surface area (Å²) >= 11 is 0. The summed E-state index contributed by atoms with van der Waals surface area (Å²) < 4.78 is 6.57. The van der Waals surface area contributed by atoms with Crippen molar-refractivity contribution in [1.82, 2.24) is 24.8 Å². The molecule has 0 spiro atoms. The molecule has 4 aromatic rings. The number of rotatable bonds is 5. The topological polar surface area (TPSA) is 97.4 Å². The number of benzene rings is 2. The normalized spacial score (nSPS) is 15.7. The molecular formula is C28H30N6O3. The summed E-state index contributed by atoms with van der Waals surface area (Å²) in [4.78, 5) is 33.9. The molecule has 1 fully saturated rings. The fourth-order valence-corrected chi connectivity index (χ4v) is 4.62. The van der Waals surface area contributed by atoms with E-state index in [1.54, 1.807) is 11.0 Å². The van der Waals surface area contributed by atoms with E-state index in [9.17, 15) is 9.59 Å². The van der Waals surface area contributed by atoms with Crippen molar-refractivity contribution in [2.45, 2.75) is 40.3 Å². The van der Waals surface area contributed by atoms with Gasteiger partial charge in [-0.25, -0.2) is 4.68 Å². The number of amides is 1. The van der Waals surface area contributed by atoms with Crippen molar-refractivity contribution in [2.75, 3.05) is 24.5 Å². The standard InChI is InChI=1S/C28H30N6O3/c1-18-6-5-7-23(14-18)33-13-12-32(16-21(33)4)28(36)27-29-25(31-37-27)17-34-26(35)11-10-24(30-34)22-9-8-19(2)20(3)15-22/h5-11,14-15,21H,12-13,16-17H2,1-4H3/t21-/m1/s1. The molecule has 37 heavy (non-hydrogen) atoms. The molecule has 0 bridgehead atoms. The van der Waals surface area contributed by atoms with Crippen LogP contribution in [-0.4, -0.2) is 56.4 Å². The number of nitrogens with zero attached hydrogens (tertiary/aromatic N) is 6. The molecule has 9 nitrogen and oxygen atoms in total. The van der Waals surface area contributed by atoms with E-state index >= 15 is 0 Å². The number of piperazine rings is 1. The largest absolute Gasteiger partial charge is 0.365 e. The SMILES string of the molecule is Cc1cccc(N2CCN(C(=O)c3nc(Cn4nc(-c5ccc(C)c(C)c5)ccc4=O)no3)C[C@H]2C)c1. The summed E-state index contributed by atoms with van der Waals surface area (Å²) in [5.74, 6) is -0.162. The Bertz CT molecular complexity index is 1510. The van der Waals surface area contributed by atoms with E-state index in [-0.39, 0.29) is 35.8 Å². The smallest absolute Gasteiger partial charge is 0.316 e. The van der Waals surface area contributed by atoms with Crippen LogP contribution in [0.2, 0.25) is 0 Å². The molecule has 5 rings (SSSR count). The fraction of sp³-hybridized carbons (Fsp3) is 0.321. The second-order valence-electron chi connectivity index (χ2n) is 9.66. The van der Waals surface area contributed by atoms with Gasteiger partial charge in [-0.2, -0.15) is 10.1 Å². The zero-order valence-corrected chi connectivity index (χ0v) is 21.5. The van der Waals surface area contributed by atoms with Gasteiger partial charge in [0.2, 0.25) is 0 Å². The third kappa shape index (κ3) is 5.16. The lowest BCUT2D eigenvalue weighted by Crippen LogP contribution is -2.53. The second kappa shape index (κ2) is 10.0. The van der Waals surface area contributed by atoms with E-state index in [2.05, 4.69) is 52.2 Å². The van der Waals surface area contributed by atoms with E-state index < -0.39 is 0 Å². The lowest BCUT2D eigenvalue weighted by atomic mass is 10.0. The molecule has 3 heterocycles. The lowest BCUT2D eigenvalue weighted by molar-refractivity contribution is 0.0676. The molecule has 0 N–H and O–H groups in total. The summed E-state index contributed by atoms with van der Waals surface area (Å²) in [6.07, 6.45) is 0. The van der Waals surface area contributed by atoms with E-state index in [0.717, 1.165) is 16.8 Å². The Morgan fingerprint density at radius 1 is 1.03 bits per heavy atom. The molecule has 2 aromatic heterocycles. The van der Waals surface area contributed by atoms with Crippen molar-refractivity contribution in [2.24, 2.45) is 0 Å². The number of carbonyl (C=O) groups excluding carboxylic acids is 1. The highest BCUT2D eigenvalue weighted by atomic mass is 16.5. The van der Waals surface area contributed by atoms with Gasteiger partial charge in [-0.15, -0.1) is 0 Å². The summed E-state index contributed by atoms with van der Waals surface area (Å²) in [7, 11) is 0. The van der Waals surface area contributed by atoms with Gasteiger partial charge in [0, 0.05) is 43.0 Å². The monoisotopic (exact) mass is 498 g/mol. The van der Waals surface area contributed by atoms with Crippen molar-refractivity contribution in [3.8, 4) is 11.3 Å². The van der Waals surface area contributed by atoms with Gasteiger partial charge in [-0.1, -0.05) is 29.4 Å². The maximum atomic E-state index is 13.1. The molecule has 1 aliphatic rings. The minimum Gasteiger partial charge on any atom is -0.365 e. The van der Waals surface area contributed by atoms with Gasteiger partial charge in [-0.3, -0.25) is 9.59 Å². The van der Waals surface area contributed by atoms with Crippen LogP contribution in [0.3, 0.4) is 0 Å². The van der Waals surface area contributed by atoms with Gasteiger partial charge in [0.25, 0.3) is 5.56 Å². The molecule has 2 aromatic carbocycles. The molecule has 0 unspecified atom stereocenters. The average molecular weight is 499 g/mol. The van der Waals surface area contributed by atoms with Crippen LogP contribution in [-0.2, 0) is 6.54 Å². The van der Waals surface area contributed by atoms with Crippen LogP contribution >= 0.6 is 0 Å². The predicted molar refractivity (Wildman–Crippen MR) is 141 cm³/mol. The van der Waals surface area contributed by atoms with Crippen molar-refractivity contribution in [3.05, 3.63) is 93.4 Å². The Balaban J connectivity index is 1.28. The van der Waals surface area contributed by atoms with Crippen LogP contribution in [0.25, 0.3) is 11.3 Å². The summed E-state index contributed by atoms with van der Waals surface area (Å²) in [5, 5.41) is 8.43. The molecule has 1 atom stereocenters. The van der Waals surface area contributed by atoms with Gasteiger partial charge in [0.05, 0.1) is 5.69 Å². The van der Waals surface area contributed by atoms with E-state index in [0.29, 0.717) is 25.3 Å². The minimum atomic E-state index is -0.307. The van der Waals surface area contributed by atoms with Crippen LogP contribution in [0.4, 0.5) is 5.69 Å². The molecule has 1 amide bonds. The highest BCUT2D eigenvalue weighted by Crippen LogP contribution is 2.23. The summed E-state index contributed by atoms with van der Waals surface area (Å²) in [6, 6.07) is 17.7. The van der Waals surface area contributed by atoms with Crippen LogP contribution < -0.4 is 10.5 Å². The second-order valence-corrected chi connectivity index (χ2v) is 9.66. The van der Waals surface area contributed by atoms with Crippen LogP contribution in [0.1, 0.15) is 40.1 Å². The Labute approximate surface area is 215 Å². The van der Waals surface area contributed by atoms with Crippen LogP contribution in [0.15, 0.2) is 63.9 Å². The predicted octanol–water partition coefficient (Wildman–Crippen LogP) is 3.62. The maximum Gasteiger partial charge on any atom is 0.316 e. The molecule has 1 aliphatic heterocycles. The molecule has 1 saturated heterocycles. The number of hydrogen-bond donors (Lipinski definition) is 0. The van der Waals surface area contributed by atoms with Crippen molar-refractivity contribution < 1.29 is 9.32 Å². The first-order valence-corrected chi connectivity index (χ1v) is 12.4. The van der Waals surface area contributed by atoms with Crippen LogP contribution in [0.5, 0.6) is 0 Å². The van der Waals surface area contributed by atoms with Gasteiger partial charge in [-0.05, 0) is 68.7 Å². The van der Waals surface area contributed by atoms with Gasteiger partial charge in [0.15, 0.2) is 5.82 Å². The van der Waals surface area contributed by atoms with E-state index in [1.807, 2.05) is 38.1 Å². The first-order valence-electron chi connectivity index (χ1n) is 12.4. The minimum absolute atomic E-state index is 0.00579. The van der Waals surface area contributed by atoms with Gasteiger partial charge in [0.1, 0.15) is 6.54 Å². The van der Waals surface area contributed by atoms with Gasteiger partial charge >= 0.3 is 11.8 Å². The van der Waals surface area contributed by atoms with Crippen molar-refractivity contribution in [3.63, 3.8) is 0 Å². The third-order valence-corrected chi connectivity index (χ3v) is 6.86. The molecular weight excluding hydrogens is 468 g/mol. The highest BCUT2D eigenvalue weighted by Gasteiger charge is 2.30. The van der Waals surface area contributed by atoms with E-state index in [1.165, 1.54) is 21.9 Å². The number of aromatic nitrogens is 4. The average Bonchev–Trinajstić information content (AvgIpc) is 3.35. The van der Waals surface area contributed by atoms with Crippen molar-refractivity contribution in [1.29, 1.82) is 0 Å². The van der Waals surface area contributed by atoms with Gasteiger partial charge < -0.3 is 14.3 Å². The quantitative estimate of drug-likeness (QED) is 0.415. The number of hydrogen-bond acceptors (Lipinski definition) is 7. The highest BCUT2D eigenvalue weighted by molar-refractivity contribution is 5.89. The number of aryl methyl sites for hydroxylation is 3.